The van der Waals surface area contributed by atoms with Gasteiger partial charge in [-0.15, -0.1) is 0 Å². The van der Waals surface area contributed by atoms with E-state index in [1.54, 1.807) is 7.05 Å². The van der Waals surface area contributed by atoms with Crippen molar-refractivity contribution in [3.8, 4) is 0 Å². The molecule has 0 radical (unpaired) electrons. The average molecular weight is 256 g/mol. The number of carbonyl (C=O) groups is 1. The van der Waals surface area contributed by atoms with Gasteiger partial charge in [0.25, 0.3) is 0 Å². The highest BCUT2D eigenvalue weighted by atomic mass is 16.5. The first-order valence-corrected chi connectivity index (χ1v) is 6.88. The lowest BCUT2D eigenvalue weighted by Crippen LogP contribution is -2.64. The fourth-order valence-electron chi connectivity index (χ4n) is 2.35. The molecule has 0 spiro atoms. The maximum Gasteiger partial charge on any atom is 0.236 e. The molecule has 106 valence electrons. The summed E-state index contributed by atoms with van der Waals surface area (Å²) in [5.74, 6) is 0.606. The van der Waals surface area contributed by atoms with Crippen LogP contribution >= 0.6 is 0 Å². The van der Waals surface area contributed by atoms with Gasteiger partial charge in [-0.25, -0.2) is 0 Å². The zero-order valence-corrected chi connectivity index (χ0v) is 12.5. The molecule has 0 bridgehead atoms. The Labute approximate surface area is 111 Å². The highest BCUT2D eigenvalue weighted by Gasteiger charge is 2.49. The number of hydrogen-bond donors (Lipinski definition) is 2. The molecule has 3 unspecified atom stereocenters. The smallest absolute Gasteiger partial charge is 0.236 e. The second-order valence-electron chi connectivity index (χ2n) is 6.33. The number of rotatable bonds is 6. The van der Waals surface area contributed by atoms with Crippen molar-refractivity contribution in [1.82, 2.24) is 10.6 Å². The van der Waals surface area contributed by atoms with Crippen LogP contribution in [0.4, 0.5) is 0 Å². The summed E-state index contributed by atoms with van der Waals surface area (Å²) >= 11 is 0. The van der Waals surface area contributed by atoms with Crippen molar-refractivity contribution in [1.29, 1.82) is 0 Å². The Morgan fingerprint density at radius 1 is 1.39 bits per heavy atom. The topological polar surface area (TPSA) is 50.4 Å². The number of likely N-dealkylation sites (N-methyl/N-ethyl adjacent to an activating group) is 1. The van der Waals surface area contributed by atoms with Crippen LogP contribution in [0.25, 0.3) is 0 Å². The Hall–Kier alpha value is -0.610. The lowest BCUT2D eigenvalue weighted by molar-refractivity contribution is -0.133. The third-order valence-electron chi connectivity index (χ3n) is 3.90. The molecule has 0 saturated heterocycles. The minimum atomic E-state index is -0.148. The Bertz CT molecular complexity index is 290. The molecule has 1 aliphatic rings. The Balaban J connectivity index is 2.41. The molecule has 4 heteroatoms. The van der Waals surface area contributed by atoms with E-state index in [4.69, 9.17) is 4.74 Å². The van der Waals surface area contributed by atoms with Gasteiger partial charge in [-0.1, -0.05) is 27.7 Å². The highest BCUT2D eigenvalue weighted by molar-refractivity contribution is 5.81. The van der Waals surface area contributed by atoms with Crippen LogP contribution in [0.2, 0.25) is 0 Å². The third-order valence-corrected chi connectivity index (χ3v) is 3.90. The summed E-state index contributed by atoms with van der Waals surface area (Å²) in [6.45, 7) is 11.4. The zero-order chi connectivity index (χ0) is 13.9. The summed E-state index contributed by atoms with van der Waals surface area (Å²) in [4.78, 5) is 11.5. The molecule has 0 aromatic rings. The quantitative estimate of drug-likeness (QED) is 0.758. The molecular weight excluding hydrogens is 228 g/mol. The molecule has 0 aromatic carbocycles. The number of nitrogens with one attached hydrogen (secondary N) is 2. The summed E-state index contributed by atoms with van der Waals surface area (Å²) in [5.41, 5.74) is 0.0944. The van der Waals surface area contributed by atoms with Crippen LogP contribution in [-0.2, 0) is 9.53 Å². The van der Waals surface area contributed by atoms with Gasteiger partial charge in [-0.2, -0.15) is 0 Å². The van der Waals surface area contributed by atoms with Gasteiger partial charge in [-0.3, -0.25) is 4.79 Å². The third kappa shape index (κ3) is 3.45. The fraction of sp³-hybridized carbons (Fsp3) is 0.929. The van der Waals surface area contributed by atoms with Crippen molar-refractivity contribution in [3.05, 3.63) is 0 Å². The summed E-state index contributed by atoms with van der Waals surface area (Å²) in [7, 11) is 1.67. The van der Waals surface area contributed by atoms with E-state index >= 15 is 0 Å². The van der Waals surface area contributed by atoms with Gasteiger partial charge >= 0.3 is 0 Å². The van der Waals surface area contributed by atoms with Crippen molar-refractivity contribution in [3.63, 3.8) is 0 Å². The van der Waals surface area contributed by atoms with Crippen LogP contribution in [0.5, 0.6) is 0 Å². The first kappa shape index (κ1) is 15.4. The van der Waals surface area contributed by atoms with E-state index in [1.807, 2.05) is 6.92 Å². The molecule has 0 aromatic heterocycles. The number of amides is 1. The zero-order valence-electron chi connectivity index (χ0n) is 12.5. The molecule has 1 fully saturated rings. The van der Waals surface area contributed by atoms with E-state index in [0.29, 0.717) is 18.1 Å². The Kier molecular flexibility index (Phi) is 5.17. The second-order valence-corrected chi connectivity index (χ2v) is 6.33. The van der Waals surface area contributed by atoms with Crippen molar-refractivity contribution in [2.75, 3.05) is 13.7 Å². The molecule has 18 heavy (non-hydrogen) atoms. The monoisotopic (exact) mass is 256 g/mol. The van der Waals surface area contributed by atoms with E-state index in [2.05, 4.69) is 38.3 Å². The van der Waals surface area contributed by atoms with E-state index in [0.717, 1.165) is 13.0 Å². The van der Waals surface area contributed by atoms with E-state index in [1.165, 1.54) is 0 Å². The van der Waals surface area contributed by atoms with Crippen molar-refractivity contribution in [2.24, 2.45) is 11.3 Å². The molecule has 2 N–H and O–H groups in total. The number of carbonyl (C=O) groups excluding carboxylic acids is 1. The molecule has 1 amide bonds. The lowest BCUT2D eigenvalue weighted by Gasteiger charge is -2.52. The molecule has 0 heterocycles. The number of ether oxygens (including phenoxy) is 1. The van der Waals surface area contributed by atoms with Gasteiger partial charge in [0.05, 0.1) is 12.1 Å². The fourth-order valence-corrected chi connectivity index (χ4v) is 2.35. The van der Waals surface area contributed by atoms with E-state index in [9.17, 15) is 4.79 Å². The van der Waals surface area contributed by atoms with Crippen LogP contribution < -0.4 is 10.6 Å². The van der Waals surface area contributed by atoms with Gasteiger partial charge in [0.15, 0.2) is 0 Å². The number of hydrogen-bond acceptors (Lipinski definition) is 3. The minimum absolute atomic E-state index is 0.0392. The molecule has 1 saturated carbocycles. The first-order chi connectivity index (χ1) is 8.28. The van der Waals surface area contributed by atoms with Gasteiger partial charge in [0.1, 0.15) is 0 Å². The average Bonchev–Trinajstić information content (AvgIpc) is 2.30. The SMILES string of the molecule is CNC(=O)C(C)NC1CC(OCC(C)C)C1(C)C. The maximum atomic E-state index is 11.5. The Morgan fingerprint density at radius 2 is 2.00 bits per heavy atom. The maximum absolute atomic E-state index is 11.5. The van der Waals surface area contributed by atoms with Crippen LogP contribution in [-0.4, -0.2) is 37.7 Å². The first-order valence-electron chi connectivity index (χ1n) is 6.88. The van der Waals surface area contributed by atoms with Gasteiger partial charge in [0.2, 0.25) is 5.91 Å². The minimum Gasteiger partial charge on any atom is -0.377 e. The van der Waals surface area contributed by atoms with Crippen LogP contribution in [0.3, 0.4) is 0 Å². The van der Waals surface area contributed by atoms with E-state index in [-0.39, 0.29) is 17.4 Å². The van der Waals surface area contributed by atoms with E-state index < -0.39 is 0 Å². The van der Waals surface area contributed by atoms with Gasteiger partial charge in [-0.05, 0) is 19.3 Å². The molecule has 4 nitrogen and oxygen atoms in total. The molecular formula is C14H28N2O2. The Morgan fingerprint density at radius 3 is 2.44 bits per heavy atom. The van der Waals surface area contributed by atoms with Crippen molar-refractivity contribution >= 4 is 5.91 Å². The lowest BCUT2D eigenvalue weighted by atomic mass is 9.64. The van der Waals surface area contributed by atoms with Crippen molar-refractivity contribution < 1.29 is 9.53 Å². The molecule has 0 aliphatic heterocycles. The summed E-state index contributed by atoms with van der Waals surface area (Å²) < 4.78 is 5.91. The predicted octanol–water partition coefficient (Wildman–Crippen LogP) is 1.55. The van der Waals surface area contributed by atoms with Gasteiger partial charge < -0.3 is 15.4 Å². The summed E-state index contributed by atoms with van der Waals surface area (Å²) in [6.07, 6.45) is 1.29. The highest BCUT2D eigenvalue weighted by Crippen LogP contribution is 2.43. The van der Waals surface area contributed by atoms with Gasteiger partial charge in [0, 0.05) is 25.1 Å². The molecule has 3 atom stereocenters. The van der Waals surface area contributed by atoms with Crippen LogP contribution in [0.15, 0.2) is 0 Å². The van der Waals surface area contributed by atoms with Crippen LogP contribution in [0, 0.1) is 11.3 Å². The molecule has 1 rings (SSSR count). The molecule has 1 aliphatic carbocycles. The summed E-state index contributed by atoms with van der Waals surface area (Å²) in [5, 5.41) is 6.05. The normalized spacial score (nSPS) is 27.7. The summed E-state index contributed by atoms with van der Waals surface area (Å²) in [6, 6.07) is 0.201. The second kappa shape index (κ2) is 6.02. The standard InChI is InChI=1S/C14H28N2O2/c1-9(2)8-18-12-7-11(14(12,4)5)16-10(3)13(17)15-6/h9-12,16H,7-8H2,1-6H3,(H,15,17). The largest absolute Gasteiger partial charge is 0.377 e. The predicted molar refractivity (Wildman–Crippen MR) is 73.4 cm³/mol. The van der Waals surface area contributed by atoms with Crippen molar-refractivity contribution in [2.45, 2.75) is 59.2 Å². The van der Waals surface area contributed by atoms with Crippen LogP contribution in [0.1, 0.15) is 41.0 Å².